The van der Waals surface area contributed by atoms with Crippen LogP contribution in [0.5, 0.6) is 0 Å². The Labute approximate surface area is 181 Å². The van der Waals surface area contributed by atoms with Gasteiger partial charge in [-0.3, -0.25) is 9.69 Å². The number of amides is 1. The number of para-hydroxylation sites is 1. The summed E-state index contributed by atoms with van der Waals surface area (Å²) in [6.07, 6.45) is 1.87. The van der Waals surface area contributed by atoms with Gasteiger partial charge >= 0.3 is 0 Å². The fourth-order valence-electron chi connectivity index (χ4n) is 3.92. The molecule has 7 heteroatoms. The fourth-order valence-corrected chi connectivity index (χ4v) is 4.34. The van der Waals surface area contributed by atoms with Gasteiger partial charge in [0.1, 0.15) is 11.9 Å². The highest BCUT2D eigenvalue weighted by molar-refractivity contribution is 7.80. The number of benzene rings is 2. The van der Waals surface area contributed by atoms with Crippen molar-refractivity contribution < 1.29 is 4.79 Å². The van der Waals surface area contributed by atoms with E-state index in [1.165, 1.54) is 0 Å². The fraction of sp³-hybridized carbons (Fsp3) is 0.261. The Morgan fingerprint density at radius 2 is 1.93 bits per heavy atom. The zero-order valence-corrected chi connectivity index (χ0v) is 17.6. The van der Waals surface area contributed by atoms with Crippen LogP contribution in [-0.4, -0.2) is 35.1 Å². The zero-order chi connectivity index (χ0) is 21.1. The number of hydrogen-bond acceptors (Lipinski definition) is 4. The van der Waals surface area contributed by atoms with Gasteiger partial charge in [0.2, 0.25) is 5.91 Å². The molecule has 0 saturated carbocycles. The molecule has 1 atom stereocenters. The first kappa shape index (κ1) is 19.9. The van der Waals surface area contributed by atoms with Crippen molar-refractivity contribution in [1.29, 1.82) is 5.26 Å². The monoisotopic (exact) mass is 417 g/mol. The van der Waals surface area contributed by atoms with E-state index in [-0.39, 0.29) is 18.5 Å². The third kappa shape index (κ3) is 3.87. The van der Waals surface area contributed by atoms with Crippen LogP contribution >= 0.6 is 12.2 Å². The van der Waals surface area contributed by atoms with E-state index in [4.69, 9.17) is 12.2 Å². The van der Waals surface area contributed by atoms with Crippen LogP contribution in [0.3, 0.4) is 0 Å². The largest absolute Gasteiger partial charge is 0.361 e. The SMILES string of the molecule is Cc1ccc(NC(=O)CNC2=C(C#N)C3CCCN3C(=S)N2c2ccccc2)cc1. The van der Waals surface area contributed by atoms with Gasteiger partial charge in [-0.1, -0.05) is 35.9 Å². The predicted octanol–water partition coefficient (Wildman–Crippen LogP) is 3.53. The summed E-state index contributed by atoms with van der Waals surface area (Å²) >= 11 is 5.79. The molecule has 0 bridgehead atoms. The molecule has 2 aliphatic rings. The van der Waals surface area contributed by atoms with E-state index < -0.39 is 0 Å². The second kappa shape index (κ2) is 8.56. The molecule has 2 aliphatic heterocycles. The minimum atomic E-state index is -0.184. The lowest BCUT2D eigenvalue weighted by Gasteiger charge is -2.41. The number of hydrogen-bond donors (Lipinski definition) is 2. The molecule has 2 N–H and O–H groups in total. The van der Waals surface area contributed by atoms with Crippen molar-refractivity contribution in [3.63, 3.8) is 0 Å². The average molecular weight is 418 g/mol. The summed E-state index contributed by atoms with van der Waals surface area (Å²) in [5.74, 6) is 0.410. The highest BCUT2D eigenvalue weighted by Gasteiger charge is 2.40. The summed E-state index contributed by atoms with van der Waals surface area (Å²) in [4.78, 5) is 16.5. The molecule has 6 nitrogen and oxygen atoms in total. The second-order valence-electron chi connectivity index (χ2n) is 7.45. The molecule has 2 heterocycles. The molecule has 1 amide bonds. The summed E-state index contributed by atoms with van der Waals surface area (Å²) < 4.78 is 0. The van der Waals surface area contributed by atoms with Crippen LogP contribution in [0.1, 0.15) is 18.4 Å². The number of anilines is 2. The number of thiocarbonyl (C=S) groups is 1. The summed E-state index contributed by atoms with van der Waals surface area (Å²) in [5.41, 5.74) is 3.35. The van der Waals surface area contributed by atoms with Gasteiger partial charge in [-0.05, 0) is 56.2 Å². The minimum Gasteiger partial charge on any atom is -0.361 e. The Hall–Kier alpha value is -3.37. The number of aryl methyl sites for hydroxylation is 1. The molecule has 2 aromatic carbocycles. The number of rotatable bonds is 5. The molecular formula is C23H23N5OS. The van der Waals surface area contributed by atoms with Gasteiger partial charge < -0.3 is 15.5 Å². The van der Waals surface area contributed by atoms with Gasteiger partial charge in [0.05, 0.1) is 18.2 Å². The lowest BCUT2D eigenvalue weighted by atomic mass is 10.0. The van der Waals surface area contributed by atoms with E-state index >= 15 is 0 Å². The molecule has 0 aromatic heterocycles. The normalized spacial score (nSPS) is 18.1. The molecule has 2 aromatic rings. The highest BCUT2D eigenvalue weighted by Crippen LogP contribution is 2.35. The van der Waals surface area contributed by atoms with E-state index in [1.54, 1.807) is 0 Å². The quantitative estimate of drug-likeness (QED) is 0.726. The standard InChI is InChI=1S/C23H23N5OS/c1-16-9-11-17(12-10-16)26-21(29)15-25-22-19(14-24)20-8-5-13-27(20)23(30)28(22)18-6-3-2-4-7-18/h2-4,6-7,9-12,20,25H,5,8,13,15H2,1H3,(H,26,29). The first-order valence-corrected chi connectivity index (χ1v) is 10.4. The summed E-state index contributed by atoms with van der Waals surface area (Å²) in [5, 5.41) is 16.7. The van der Waals surface area contributed by atoms with Gasteiger partial charge in [0.15, 0.2) is 5.11 Å². The second-order valence-corrected chi connectivity index (χ2v) is 7.81. The molecule has 1 saturated heterocycles. The van der Waals surface area contributed by atoms with Gasteiger partial charge in [-0.2, -0.15) is 5.26 Å². The molecule has 152 valence electrons. The lowest BCUT2D eigenvalue weighted by Crippen LogP contribution is -2.54. The van der Waals surface area contributed by atoms with Crippen LogP contribution in [0.25, 0.3) is 0 Å². The molecule has 0 radical (unpaired) electrons. The van der Waals surface area contributed by atoms with Crippen molar-refractivity contribution in [2.45, 2.75) is 25.8 Å². The average Bonchev–Trinajstić information content (AvgIpc) is 3.25. The third-order valence-corrected chi connectivity index (χ3v) is 5.81. The molecule has 30 heavy (non-hydrogen) atoms. The maximum absolute atomic E-state index is 12.5. The van der Waals surface area contributed by atoms with Crippen LogP contribution < -0.4 is 15.5 Å². The number of carbonyl (C=O) groups excluding carboxylic acids is 1. The van der Waals surface area contributed by atoms with E-state index in [9.17, 15) is 10.1 Å². The lowest BCUT2D eigenvalue weighted by molar-refractivity contribution is -0.115. The summed E-state index contributed by atoms with van der Waals surface area (Å²) in [6.45, 7) is 2.87. The van der Waals surface area contributed by atoms with Gasteiger partial charge in [0.25, 0.3) is 0 Å². The first-order valence-electron chi connectivity index (χ1n) is 9.99. The van der Waals surface area contributed by atoms with Gasteiger partial charge in [-0.25, -0.2) is 0 Å². The Morgan fingerprint density at radius 1 is 1.20 bits per heavy atom. The molecule has 0 aliphatic carbocycles. The van der Waals surface area contributed by atoms with Crippen LogP contribution in [0, 0.1) is 18.3 Å². The van der Waals surface area contributed by atoms with Crippen LogP contribution in [-0.2, 0) is 4.79 Å². The van der Waals surface area contributed by atoms with Crippen molar-refractivity contribution in [3.8, 4) is 6.07 Å². The topological polar surface area (TPSA) is 71.4 Å². The predicted molar refractivity (Wildman–Crippen MR) is 122 cm³/mol. The number of carbonyl (C=O) groups is 1. The smallest absolute Gasteiger partial charge is 0.243 e. The highest BCUT2D eigenvalue weighted by atomic mass is 32.1. The first-order chi connectivity index (χ1) is 14.6. The minimum absolute atomic E-state index is 0.0348. The van der Waals surface area contributed by atoms with E-state index in [2.05, 4.69) is 21.6 Å². The Kier molecular flexibility index (Phi) is 5.68. The maximum Gasteiger partial charge on any atom is 0.243 e. The van der Waals surface area contributed by atoms with E-state index in [0.29, 0.717) is 16.5 Å². The van der Waals surface area contributed by atoms with Crippen LogP contribution in [0.4, 0.5) is 11.4 Å². The van der Waals surface area contributed by atoms with Crippen molar-refractivity contribution in [2.24, 2.45) is 0 Å². The molecular weight excluding hydrogens is 394 g/mol. The van der Waals surface area contributed by atoms with Gasteiger partial charge in [-0.15, -0.1) is 0 Å². The summed E-state index contributed by atoms with van der Waals surface area (Å²) in [6, 6.07) is 19.7. The van der Waals surface area contributed by atoms with Crippen LogP contribution in [0.15, 0.2) is 66.0 Å². The van der Waals surface area contributed by atoms with E-state index in [0.717, 1.165) is 36.3 Å². The van der Waals surface area contributed by atoms with E-state index in [1.807, 2.05) is 66.4 Å². The number of nitrogens with zero attached hydrogens (tertiary/aromatic N) is 3. The van der Waals surface area contributed by atoms with Crippen molar-refractivity contribution in [3.05, 3.63) is 71.6 Å². The van der Waals surface area contributed by atoms with Crippen molar-refractivity contribution in [2.75, 3.05) is 23.3 Å². The molecule has 0 spiro atoms. The van der Waals surface area contributed by atoms with Crippen molar-refractivity contribution >= 4 is 34.6 Å². The van der Waals surface area contributed by atoms with Crippen LogP contribution in [0.2, 0.25) is 0 Å². The number of nitrogens with one attached hydrogen (secondary N) is 2. The van der Waals surface area contributed by atoms with Crippen molar-refractivity contribution in [1.82, 2.24) is 10.2 Å². The molecule has 1 fully saturated rings. The molecule has 1 unspecified atom stereocenters. The maximum atomic E-state index is 12.5. The summed E-state index contributed by atoms with van der Waals surface area (Å²) in [7, 11) is 0. The Bertz CT molecular complexity index is 1030. The number of fused-ring (bicyclic) bond motifs is 1. The zero-order valence-electron chi connectivity index (χ0n) is 16.8. The van der Waals surface area contributed by atoms with Gasteiger partial charge in [0, 0.05) is 17.9 Å². The third-order valence-electron chi connectivity index (χ3n) is 5.39. The number of nitriles is 1. The Morgan fingerprint density at radius 3 is 2.63 bits per heavy atom. The Balaban J connectivity index is 1.60. The molecule has 4 rings (SSSR count).